The largest absolute Gasteiger partial charge is 0.478 e. The van der Waals surface area contributed by atoms with Crippen molar-refractivity contribution >= 4 is 57.4 Å². The Balaban J connectivity index is 1.86. The van der Waals surface area contributed by atoms with Crippen LogP contribution in [0, 0.1) is 0 Å². The second-order valence-electron chi connectivity index (χ2n) is 8.05. The van der Waals surface area contributed by atoms with Gasteiger partial charge in [0, 0.05) is 10.8 Å². The molecule has 0 heterocycles. The first-order valence-electron chi connectivity index (χ1n) is 11.1. The maximum atomic E-state index is 13.2. The van der Waals surface area contributed by atoms with E-state index in [2.05, 4.69) is 0 Å². The number of carbonyl (C=O) groups is 6. The molecule has 2 N–H and O–H groups in total. The Hall–Kier alpha value is -5.58. The van der Waals surface area contributed by atoms with E-state index in [0.717, 1.165) is 26.4 Å². The van der Waals surface area contributed by atoms with Crippen molar-refractivity contribution in [3.05, 3.63) is 94.0 Å². The molecular weight excluding hydrogens is 512 g/mol. The molecule has 0 aromatic heterocycles. The highest BCUT2D eigenvalue weighted by Gasteiger charge is 2.27. The van der Waals surface area contributed by atoms with Crippen LogP contribution in [0.25, 0.3) is 21.5 Å². The van der Waals surface area contributed by atoms with Gasteiger partial charge in [0.2, 0.25) is 0 Å². The molecule has 0 atom stereocenters. The molecule has 0 amide bonds. The highest BCUT2D eigenvalue weighted by atomic mass is 16.6. The van der Waals surface area contributed by atoms with Crippen molar-refractivity contribution in [2.24, 2.45) is 0 Å². The smallest absolute Gasteiger partial charge is 0.346 e. The first-order chi connectivity index (χ1) is 18.6. The third kappa shape index (κ3) is 4.64. The van der Waals surface area contributed by atoms with Gasteiger partial charge in [-0.15, -0.1) is 0 Å². The molecule has 0 saturated heterocycles. The number of aromatic carboxylic acids is 2. The minimum Gasteiger partial charge on any atom is -0.478 e. The van der Waals surface area contributed by atoms with Crippen LogP contribution in [0.5, 0.6) is 0 Å². The fraction of sp³-hybridized carbons (Fsp3) is 0.0714. The first-order valence-corrected chi connectivity index (χ1v) is 11.1. The topological polar surface area (TPSA) is 171 Å². The summed E-state index contributed by atoms with van der Waals surface area (Å²) in [4.78, 5) is 74.7. The van der Waals surface area contributed by atoms with E-state index in [4.69, 9.17) is 14.2 Å². The highest BCUT2D eigenvalue weighted by molar-refractivity contribution is 6.21. The number of benzene rings is 4. The van der Waals surface area contributed by atoms with Crippen LogP contribution in [0.4, 0.5) is 0 Å². The van der Waals surface area contributed by atoms with Crippen LogP contribution in [0.2, 0.25) is 0 Å². The minimum absolute atomic E-state index is 0.0195. The van der Waals surface area contributed by atoms with Gasteiger partial charge in [0.25, 0.3) is 0 Å². The Labute approximate surface area is 219 Å². The molecule has 0 aliphatic rings. The molecule has 39 heavy (non-hydrogen) atoms. The van der Waals surface area contributed by atoms with Gasteiger partial charge in [0.1, 0.15) is 0 Å². The summed E-state index contributed by atoms with van der Waals surface area (Å²) >= 11 is 0. The summed E-state index contributed by atoms with van der Waals surface area (Å²) in [6.07, 6.45) is 0. The molecule has 0 radical (unpaired) electrons. The van der Waals surface area contributed by atoms with E-state index in [1.807, 2.05) is 0 Å². The lowest BCUT2D eigenvalue weighted by molar-refractivity contribution is 0.0398. The summed E-state index contributed by atoms with van der Waals surface area (Å²) in [7, 11) is 2.27. The van der Waals surface area contributed by atoms with Gasteiger partial charge in [-0.1, -0.05) is 24.3 Å². The molecule has 4 rings (SSSR count). The number of hydrogen-bond donors (Lipinski definition) is 2. The van der Waals surface area contributed by atoms with E-state index >= 15 is 0 Å². The normalized spacial score (nSPS) is 10.6. The Morgan fingerprint density at radius 3 is 1.18 bits per heavy atom. The molecule has 0 fully saturated rings. The Kier molecular flexibility index (Phi) is 7.08. The number of rotatable bonds is 6. The van der Waals surface area contributed by atoms with Gasteiger partial charge in [-0.2, -0.15) is 0 Å². The number of fused-ring (bicyclic) bond motifs is 2. The van der Waals surface area contributed by atoms with Crippen LogP contribution in [0.1, 0.15) is 62.1 Å². The van der Waals surface area contributed by atoms with E-state index in [1.165, 1.54) is 48.5 Å². The summed E-state index contributed by atoms with van der Waals surface area (Å²) in [5, 5.41) is 19.2. The second kappa shape index (κ2) is 10.4. The second-order valence-corrected chi connectivity index (χ2v) is 8.05. The third-order valence-corrected chi connectivity index (χ3v) is 5.98. The Bertz CT molecular complexity index is 1610. The molecule has 0 aliphatic carbocycles. The molecule has 0 bridgehead atoms. The number of carboxylic acid groups (broad SMARTS) is 2. The zero-order valence-electron chi connectivity index (χ0n) is 20.3. The molecule has 0 spiro atoms. The lowest BCUT2D eigenvalue weighted by Crippen LogP contribution is -2.17. The fourth-order valence-electron chi connectivity index (χ4n) is 4.28. The van der Waals surface area contributed by atoms with Crippen molar-refractivity contribution in [1.29, 1.82) is 0 Å². The van der Waals surface area contributed by atoms with Crippen molar-refractivity contribution in [3.8, 4) is 0 Å². The van der Waals surface area contributed by atoms with E-state index in [9.17, 15) is 39.0 Å². The summed E-state index contributed by atoms with van der Waals surface area (Å²) < 4.78 is 14.5. The maximum Gasteiger partial charge on any atom is 0.346 e. The number of carboxylic acids is 2. The van der Waals surface area contributed by atoms with Crippen molar-refractivity contribution in [1.82, 2.24) is 0 Å². The van der Waals surface area contributed by atoms with Gasteiger partial charge in [0.15, 0.2) is 0 Å². The molecule has 4 aromatic carbocycles. The van der Waals surface area contributed by atoms with Gasteiger partial charge < -0.3 is 24.4 Å². The van der Waals surface area contributed by atoms with Crippen molar-refractivity contribution < 1.29 is 53.2 Å². The monoisotopic (exact) mass is 530 g/mol. The van der Waals surface area contributed by atoms with Gasteiger partial charge >= 0.3 is 35.8 Å². The van der Waals surface area contributed by atoms with Crippen LogP contribution in [0.15, 0.2) is 60.7 Å². The molecular formula is C28H18O11. The summed E-state index contributed by atoms with van der Waals surface area (Å²) in [6.45, 7) is 0. The predicted octanol–water partition coefficient (Wildman–Crippen LogP) is 3.96. The minimum atomic E-state index is -1.40. The summed E-state index contributed by atoms with van der Waals surface area (Å²) in [5.74, 6) is -6.88. The molecule has 0 aliphatic heterocycles. The molecule has 196 valence electrons. The number of carbonyl (C=O) groups excluding carboxylic acids is 4. The van der Waals surface area contributed by atoms with Crippen molar-refractivity contribution in [2.75, 3.05) is 14.2 Å². The Morgan fingerprint density at radius 2 is 0.846 bits per heavy atom. The summed E-state index contributed by atoms with van der Waals surface area (Å²) in [6, 6.07) is 12.7. The fourth-order valence-corrected chi connectivity index (χ4v) is 4.28. The van der Waals surface area contributed by atoms with Gasteiger partial charge in [-0.25, -0.2) is 28.8 Å². The van der Waals surface area contributed by atoms with E-state index in [-0.39, 0.29) is 54.9 Å². The van der Waals surface area contributed by atoms with Gasteiger partial charge in [-0.05, 0) is 47.2 Å². The van der Waals surface area contributed by atoms with Crippen LogP contribution in [-0.4, -0.2) is 60.2 Å². The third-order valence-electron chi connectivity index (χ3n) is 5.98. The zero-order chi connectivity index (χ0) is 28.4. The molecule has 11 nitrogen and oxygen atoms in total. The molecule has 0 saturated carbocycles. The van der Waals surface area contributed by atoms with Gasteiger partial charge in [0.05, 0.1) is 47.6 Å². The average molecular weight is 530 g/mol. The van der Waals surface area contributed by atoms with Crippen molar-refractivity contribution in [3.63, 3.8) is 0 Å². The van der Waals surface area contributed by atoms with E-state index in [1.54, 1.807) is 0 Å². The lowest BCUT2D eigenvalue weighted by Gasteiger charge is -2.13. The first kappa shape index (κ1) is 26.5. The van der Waals surface area contributed by atoms with Gasteiger partial charge in [-0.3, -0.25) is 0 Å². The van der Waals surface area contributed by atoms with Crippen LogP contribution in [-0.2, 0) is 14.2 Å². The average Bonchev–Trinajstić information content (AvgIpc) is 2.94. The number of esters is 4. The highest BCUT2D eigenvalue weighted by Crippen LogP contribution is 2.30. The van der Waals surface area contributed by atoms with E-state index < -0.39 is 35.8 Å². The maximum absolute atomic E-state index is 13.2. The number of methoxy groups -OCH3 is 2. The number of ether oxygens (including phenoxy) is 3. The van der Waals surface area contributed by atoms with E-state index in [0.29, 0.717) is 0 Å². The number of hydrogen-bond acceptors (Lipinski definition) is 9. The molecule has 11 heteroatoms. The summed E-state index contributed by atoms with van der Waals surface area (Å²) in [5.41, 5.74) is -1.38. The van der Waals surface area contributed by atoms with Crippen LogP contribution < -0.4 is 0 Å². The van der Waals surface area contributed by atoms with Crippen molar-refractivity contribution in [2.45, 2.75) is 0 Å². The van der Waals surface area contributed by atoms with Crippen LogP contribution >= 0.6 is 0 Å². The standard InChI is InChI=1S/C28H18O11/c1-37-25(33)15-9-11-19(21-13(15)5-3-7-17(21)23(29)30)27(35)39-28(36)20-12-10-16(26(34)38-2)14-6-4-8-18(22(14)20)24(31)32/h3-12H,1-2H3,(H,29,30)(H,31,32). The molecule has 0 unspecified atom stereocenters. The zero-order valence-corrected chi connectivity index (χ0v) is 20.3. The Morgan fingerprint density at radius 1 is 0.487 bits per heavy atom. The predicted molar refractivity (Wildman–Crippen MR) is 134 cm³/mol. The quantitative estimate of drug-likeness (QED) is 0.210. The van der Waals surface area contributed by atoms with Crippen LogP contribution in [0.3, 0.4) is 0 Å². The SMILES string of the molecule is COC(=O)c1ccc(C(=O)OC(=O)c2ccc(C(=O)OC)c3cccc(C(=O)O)c23)c2c(C(=O)O)cccc12. The molecule has 4 aromatic rings. The lowest BCUT2D eigenvalue weighted by atomic mass is 9.94.